The van der Waals surface area contributed by atoms with Crippen LogP contribution in [0.4, 0.5) is 0 Å². The molecule has 3 N–H and O–H groups in total. The zero-order valence-corrected chi connectivity index (χ0v) is 12.2. The zero-order chi connectivity index (χ0) is 14.5. The summed E-state index contributed by atoms with van der Waals surface area (Å²) in [5, 5.41) is 11.7. The molecule has 6 heteroatoms. The van der Waals surface area contributed by atoms with Gasteiger partial charge in [-0.15, -0.1) is 0 Å². The number of nitrogens with zero attached hydrogens (tertiary/aromatic N) is 4. The van der Waals surface area contributed by atoms with Gasteiger partial charge in [0.15, 0.2) is 5.84 Å². The number of piperazine rings is 1. The van der Waals surface area contributed by atoms with E-state index in [1.54, 1.807) is 6.20 Å². The molecule has 0 radical (unpaired) electrons. The van der Waals surface area contributed by atoms with Crippen LogP contribution in [0.1, 0.15) is 24.6 Å². The first kappa shape index (κ1) is 14.7. The molecule has 110 valence electrons. The Labute approximate surface area is 119 Å². The molecular weight excluding hydrogens is 254 g/mol. The van der Waals surface area contributed by atoms with Crippen LogP contribution in [0.15, 0.2) is 23.5 Å². The normalized spacial score (nSPS) is 22.1. The van der Waals surface area contributed by atoms with Crippen LogP contribution in [0.3, 0.4) is 0 Å². The Morgan fingerprint density at radius 2 is 2.35 bits per heavy atom. The Morgan fingerprint density at radius 1 is 1.55 bits per heavy atom. The molecular formula is C14H23N5O. The van der Waals surface area contributed by atoms with Crippen molar-refractivity contribution in [1.29, 1.82) is 0 Å². The summed E-state index contributed by atoms with van der Waals surface area (Å²) >= 11 is 0. The molecule has 0 aliphatic carbocycles. The molecule has 1 saturated heterocycles. The molecule has 2 heterocycles. The average Bonchev–Trinajstić information content (AvgIpc) is 2.48. The molecule has 0 amide bonds. The highest BCUT2D eigenvalue weighted by Gasteiger charge is 2.22. The van der Waals surface area contributed by atoms with Gasteiger partial charge in [0.1, 0.15) is 5.69 Å². The molecule has 2 rings (SSSR count). The van der Waals surface area contributed by atoms with Crippen LogP contribution in [0, 0.1) is 0 Å². The summed E-state index contributed by atoms with van der Waals surface area (Å²) in [7, 11) is 2.19. The van der Waals surface area contributed by atoms with Crippen molar-refractivity contribution in [3.63, 3.8) is 0 Å². The molecule has 1 aromatic rings. The Hall–Kier alpha value is -1.66. The number of pyridine rings is 1. The zero-order valence-electron chi connectivity index (χ0n) is 12.2. The van der Waals surface area contributed by atoms with E-state index in [9.17, 15) is 0 Å². The van der Waals surface area contributed by atoms with E-state index in [0.29, 0.717) is 11.7 Å². The predicted octanol–water partition coefficient (Wildman–Crippen LogP) is 0.702. The van der Waals surface area contributed by atoms with E-state index < -0.39 is 0 Å². The second-order valence-electron chi connectivity index (χ2n) is 5.31. The van der Waals surface area contributed by atoms with E-state index in [2.05, 4.69) is 33.9 Å². The third-order valence-electron chi connectivity index (χ3n) is 3.93. The Morgan fingerprint density at radius 3 is 3.05 bits per heavy atom. The molecule has 1 fully saturated rings. The topological polar surface area (TPSA) is 78.0 Å². The molecule has 1 aromatic heterocycles. The maximum Gasteiger partial charge on any atom is 0.188 e. The molecule has 0 aromatic carbocycles. The summed E-state index contributed by atoms with van der Waals surface area (Å²) in [5.74, 6) is 0.0525. The SMILES string of the molecule is CCC1CN(Cc2ccnc(C(N)=NO)c2)CCN1C. The van der Waals surface area contributed by atoms with Gasteiger partial charge >= 0.3 is 0 Å². The fraction of sp³-hybridized carbons (Fsp3) is 0.571. The minimum Gasteiger partial charge on any atom is -0.409 e. The van der Waals surface area contributed by atoms with E-state index in [4.69, 9.17) is 10.9 Å². The number of rotatable bonds is 4. The van der Waals surface area contributed by atoms with Crippen molar-refractivity contribution in [2.75, 3.05) is 26.7 Å². The summed E-state index contributed by atoms with van der Waals surface area (Å²) in [6.07, 6.45) is 2.87. The number of hydrogen-bond donors (Lipinski definition) is 2. The molecule has 0 saturated carbocycles. The minimum absolute atomic E-state index is 0.0525. The molecule has 1 unspecified atom stereocenters. The minimum atomic E-state index is 0.0525. The summed E-state index contributed by atoms with van der Waals surface area (Å²) in [4.78, 5) is 8.97. The summed E-state index contributed by atoms with van der Waals surface area (Å²) in [6.45, 7) is 6.34. The second kappa shape index (κ2) is 6.67. The van der Waals surface area contributed by atoms with Crippen molar-refractivity contribution < 1.29 is 5.21 Å². The third kappa shape index (κ3) is 3.46. The van der Waals surface area contributed by atoms with Crippen molar-refractivity contribution in [2.24, 2.45) is 10.9 Å². The van der Waals surface area contributed by atoms with Gasteiger partial charge in [0.25, 0.3) is 0 Å². The van der Waals surface area contributed by atoms with Crippen LogP contribution in [0.2, 0.25) is 0 Å². The number of amidine groups is 1. The van der Waals surface area contributed by atoms with Gasteiger partial charge < -0.3 is 15.8 Å². The van der Waals surface area contributed by atoms with Crippen molar-refractivity contribution in [3.05, 3.63) is 29.6 Å². The smallest absolute Gasteiger partial charge is 0.188 e. The van der Waals surface area contributed by atoms with Crippen molar-refractivity contribution in [2.45, 2.75) is 25.9 Å². The van der Waals surface area contributed by atoms with Crippen LogP contribution in [0.25, 0.3) is 0 Å². The molecule has 6 nitrogen and oxygen atoms in total. The first-order chi connectivity index (χ1) is 9.63. The van der Waals surface area contributed by atoms with Crippen molar-refractivity contribution in [1.82, 2.24) is 14.8 Å². The maximum atomic E-state index is 8.70. The lowest BCUT2D eigenvalue weighted by Crippen LogP contribution is -2.50. The Balaban J connectivity index is 2.03. The van der Waals surface area contributed by atoms with Gasteiger partial charge in [0.2, 0.25) is 0 Å². The van der Waals surface area contributed by atoms with Crippen LogP contribution in [0.5, 0.6) is 0 Å². The van der Waals surface area contributed by atoms with Crippen LogP contribution < -0.4 is 5.73 Å². The van der Waals surface area contributed by atoms with E-state index in [1.807, 2.05) is 12.1 Å². The van der Waals surface area contributed by atoms with E-state index in [0.717, 1.165) is 31.7 Å². The first-order valence-corrected chi connectivity index (χ1v) is 6.99. The number of nitrogens with two attached hydrogens (primary N) is 1. The third-order valence-corrected chi connectivity index (χ3v) is 3.93. The predicted molar refractivity (Wildman–Crippen MR) is 78.7 cm³/mol. The highest BCUT2D eigenvalue weighted by molar-refractivity contribution is 5.95. The summed E-state index contributed by atoms with van der Waals surface area (Å²) < 4.78 is 0. The van der Waals surface area contributed by atoms with Crippen LogP contribution in [-0.4, -0.2) is 58.6 Å². The molecule has 1 aliphatic rings. The lowest BCUT2D eigenvalue weighted by Gasteiger charge is -2.39. The van der Waals surface area contributed by atoms with Crippen LogP contribution in [-0.2, 0) is 6.54 Å². The standard InChI is InChI=1S/C14H23N5O/c1-3-12-10-19(7-6-18(12)2)9-11-4-5-16-13(8-11)14(15)17-20/h4-5,8,12,20H,3,6-7,9-10H2,1-2H3,(H2,15,17). The van der Waals surface area contributed by atoms with Gasteiger partial charge in [0, 0.05) is 38.4 Å². The first-order valence-electron chi connectivity index (χ1n) is 6.99. The summed E-state index contributed by atoms with van der Waals surface area (Å²) in [5.41, 5.74) is 7.23. The number of aromatic nitrogens is 1. The van der Waals surface area contributed by atoms with Crippen molar-refractivity contribution in [3.8, 4) is 0 Å². The van der Waals surface area contributed by atoms with Gasteiger partial charge in [-0.2, -0.15) is 0 Å². The van der Waals surface area contributed by atoms with Crippen LogP contribution >= 0.6 is 0 Å². The van der Waals surface area contributed by atoms with E-state index >= 15 is 0 Å². The van der Waals surface area contributed by atoms with Gasteiger partial charge in [-0.05, 0) is 31.2 Å². The molecule has 20 heavy (non-hydrogen) atoms. The van der Waals surface area contributed by atoms with Gasteiger partial charge in [-0.3, -0.25) is 9.88 Å². The molecule has 1 aliphatic heterocycles. The lowest BCUT2D eigenvalue weighted by molar-refractivity contribution is 0.0883. The Kier molecular flexibility index (Phi) is 4.92. The lowest BCUT2D eigenvalue weighted by atomic mass is 10.1. The number of hydrogen-bond acceptors (Lipinski definition) is 5. The van der Waals surface area contributed by atoms with E-state index in [1.165, 1.54) is 6.42 Å². The highest BCUT2D eigenvalue weighted by atomic mass is 16.4. The quantitative estimate of drug-likeness (QED) is 0.367. The second-order valence-corrected chi connectivity index (χ2v) is 5.31. The fourth-order valence-electron chi connectivity index (χ4n) is 2.62. The van der Waals surface area contributed by atoms with Crippen molar-refractivity contribution >= 4 is 5.84 Å². The van der Waals surface area contributed by atoms with E-state index in [-0.39, 0.29) is 5.84 Å². The van der Waals surface area contributed by atoms with Gasteiger partial charge in [0.05, 0.1) is 0 Å². The Bertz CT molecular complexity index is 476. The summed E-state index contributed by atoms with van der Waals surface area (Å²) in [6, 6.07) is 4.48. The molecule has 1 atom stereocenters. The van der Waals surface area contributed by atoms with Gasteiger partial charge in [-0.1, -0.05) is 12.1 Å². The largest absolute Gasteiger partial charge is 0.409 e. The highest BCUT2D eigenvalue weighted by Crippen LogP contribution is 2.14. The average molecular weight is 277 g/mol. The monoisotopic (exact) mass is 277 g/mol. The fourth-order valence-corrected chi connectivity index (χ4v) is 2.62. The molecule has 0 bridgehead atoms. The van der Waals surface area contributed by atoms with Gasteiger partial charge in [-0.25, -0.2) is 0 Å². The number of likely N-dealkylation sites (N-methyl/N-ethyl adjacent to an activating group) is 1. The molecule has 0 spiro atoms. The maximum absolute atomic E-state index is 8.70. The number of oxime groups is 1.